The summed E-state index contributed by atoms with van der Waals surface area (Å²) in [5.74, 6) is -0.225. The Morgan fingerprint density at radius 1 is 1.30 bits per heavy atom. The van der Waals surface area contributed by atoms with Crippen molar-refractivity contribution in [1.29, 1.82) is 0 Å². The summed E-state index contributed by atoms with van der Waals surface area (Å²) in [7, 11) is 1.44. The number of hydrogen-bond acceptors (Lipinski definition) is 7. The molecule has 0 radical (unpaired) electrons. The van der Waals surface area contributed by atoms with Gasteiger partial charge in [-0.15, -0.1) is 0 Å². The van der Waals surface area contributed by atoms with Crippen molar-refractivity contribution < 1.29 is 19.8 Å². The largest absolute Gasteiger partial charge is 0.504 e. The number of hydrogen-bond donors (Lipinski definition) is 3. The zero-order valence-electron chi connectivity index (χ0n) is 12.2. The van der Waals surface area contributed by atoms with Gasteiger partial charge < -0.3 is 15.1 Å². The van der Waals surface area contributed by atoms with Gasteiger partial charge in [-0.05, 0) is 24.3 Å². The van der Waals surface area contributed by atoms with Crippen LogP contribution in [0, 0.1) is 0 Å². The number of methoxy groups -OCH3 is 1. The third-order valence-electron chi connectivity index (χ3n) is 2.86. The molecule has 2 rings (SSSR count). The second-order valence-corrected chi connectivity index (χ2v) is 4.31. The number of oxime groups is 1. The molecule has 8 nitrogen and oxygen atoms in total. The highest BCUT2D eigenvalue weighted by molar-refractivity contribution is 5.95. The van der Waals surface area contributed by atoms with Gasteiger partial charge in [0.2, 0.25) is 0 Å². The Morgan fingerprint density at radius 2 is 2.13 bits per heavy atom. The number of pyridine rings is 1. The first kappa shape index (κ1) is 16.0. The molecule has 0 bridgehead atoms. The van der Waals surface area contributed by atoms with E-state index in [4.69, 9.17) is 9.94 Å². The lowest BCUT2D eigenvalue weighted by molar-refractivity contribution is 0.0954. The number of phenols is 1. The summed E-state index contributed by atoms with van der Waals surface area (Å²) in [5, 5.41) is 24.9. The SMILES string of the molecule is COc1cccc(/C=N\NC(=O)c2ccc(/C=N\O)nc2)c1O. The number of rotatable bonds is 5. The number of carbonyl (C=O) groups excluding carboxylic acids is 1. The number of nitrogens with one attached hydrogen (secondary N) is 1. The average Bonchev–Trinajstić information content (AvgIpc) is 2.57. The van der Waals surface area contributed by atoms with Crippen molar-refractivity contribution in [1.82, 2.24) is 10.4 Å². The lowest BCUT2D eigenvalue weighted by Crippen LogP contribution is -2.17. The maximum atomic E-state index is 11.9. The number of nitrogens with zero attached hydrogens (tertiary/aromatic N) is 3. The normalized spacial score (nSPS) is 11.0. The van der Waals surface area contributed by atoms with Gasteiger partial charge in [0.25, 0.3) is 5.91 Å². The number of para-hydroxylation sites is 1. The van der Waals surface area contributed by atoms with Crippen LogP contribution in [-0.4, -0.2) is 40.7 Å². The van der Waals surface area contributed by atoms with Crippen LogP contribution in [0.1, 0.15) is 21.6 Å². The molecule has 8 heteroatoms. The highest BCUT2D eigenvalue weighted by Crippen LogP contribution is 2.27. The first-order valence-electron chi connectivity index (χ1n) is 6.48. The number of benzene rings is 1. The fourth-order valence-corrected chi connectivity index (χ4v) is 1.71. The van der Waals surface area contributed by atoms with E-state index in [0.29, 0.717) is 17.0 Å². The van der Waals surface area contributed by atoms with Gasteiger partial charge in [0, 0.05) is 11.8 Å². The Bertz CT molecular complexity index is 742. The number of ether oxygens (including phenoxy) is 1. The molecule has 23 heavy (non-hydrogen) atoms. The summed E-state index contributed by atoms with van der Waals surface area (Å²) in [4.78, 5) is 15.8. The van der Waals surface area contributed by atoms with Gasteiger partial charge in [-0.3, -0.25) is 9.78 Å². The molecule has 0 aliphatic carbocycles. The van der Waals surface area contributed by atoms with Gasteiger partial charge >= 0.3 is 0 Å². The summed E-state index contributed by atoms with van der Waals surface area (Å²) in [6.45, 7) is 0. The average molecular weight is 314 g/mol. The summed E-state index contributed by atoms with van der Waals surface area (Å²) in [5.41, 5.74) is 3.41. The van der Waals surface area contributed by atoms with Crippen molar-refractivity contribution >= 4 is 18.3 Å². The van der Waals surface area contributed by atoms with E-state index in [0.717, 1.165) is 6.21 Å². The number of phenolic OH excluding ortho intramolecular Hbond substituents is 1. The summed E-state index contributed by atoms with van der Waals surface area (Å²) in [6.07, 6.45) is 3.77. The molecular formula is C15H14N4O4. The molecule has 0 spiro atoms. The molecule has 1 aromatic heterocycles. The summed E-state index contributed by atoms with van der Waals surface area (Å²) in [6, 6.07) is 7.95. The van der Waals surface area contributed by atoms with E-state index in [-0.39, 0.29) is 11.3 Å². The van der Waals surface area contributed by atoms with Gasteiger partial charge in [0.05, 0.1) is 30.8 Å². The molecule has 3 N–H and O–H groups in total. The minimum Gasteiger partial charge on any atom is -0.504 e. The minimum atomic E-state index is -0.469. The molecule has 2 aromatic rings. The fraction of sp³-hybridized carbons (Fsp3) is 0.0667. The van der Waals surface area contributed by atoms with Gasteiger partial charge in [0.15, 0.2) is 11.5 Å². The smallest absolute Gasteiger partial charge is 0.272 e. The monoisotopic (exact) mass is 314 g/mol. The number of carbonyl (C=O) groups is 1. The molecule has 0 unspecified atom stereocenters. The van der Waals surface area contributed by atoms with E-state index in [1.165, 1.54) is 31.7 Å². The van der Waals surface area contributed by atoms with Crippen LogP contribution < -0.4 is 10.2 Å². The van der Waals surface area contributed by atoms with Crippen LogP contribution in [0.2, 0.25) is 0 Å². The van der Waals surface area contributed by atoms with Gasteiger partial charge in [-0.25, -0.2) is 5.43 Å². The van der Waals surface area contributed by atoms with Crippen molar-refractivity contribution in [3.8, 4) is 11.5 Å². The summed E-state index contributed by atoms with van der Waals surface area (Å²) < 4.78 is 4.98. The standard InChI is InChI=1S/C15H14N4O4/c1-23-13-4-2-3-10(14(13)20)8-17-19-15(21)11-5-6-12(9-18-22)16-7-11/h2-9,20,22H,1H3,(H,19,21)/b17-8-,18-9-. The first-order valence-corrected chi connectivity index (χ1v) is 6.48. The van der Waals surface area contributed by atoms with Crippen molar-refractivity contribution in [3.05, 3.63) is 53.3 Å². The second-order valence-electron chi connectivity index (χ2n) is 4.31. The molecule has 0 fully saturated rings. The van der Waals surface area contributed by atoms with Crippen molar-refractivity contribution in [2.24, 2.45) is 10.3 Å². The van der Waals surface area contributed by atoms with Gasteiger partial charge in [0.1, 0.15) is 0 Å². The zero-order valence-corrected chi connectivity index (χ0v) is 12.2. The topological polar surface area (TPSA) is 116 Å². The van der Waals surface area contributed by atoms with Crippen molar-refractivity contribution in [2.75, 3.05) is 7.11 Å². The van der Waals surface area contributed by atoms with Crippen LogP contribution in [0.5, 0.6) is 11.5 Å². The van der Waals surface area contributed by atoms with E-state index in [1.54, 1.807) is 18.2 Å². The van der Waals surface area contributed by atoms with Gasteiger partial charge in [-0.1, -0.05) is 11.2 Å². The van der Waals surface area contributed by atoms with E-state index in [2.05, 4.69) is 20.7 Å². The number of aromatic hydroxyl groups is 1. The van der Waals surface area contributed by atoms with Crippen LogP contribution in [0.25, 0.3) is 0 Å². The predicted molar refractivity (Wildman–Crippen MR) is 83.3 cm³/mol. The maximum Gasteiger partial charge on any atom is 0.272 e. The number of hydrazone groups is 1. The van der Waals surface area contributed by atoms with Crippen LogP contribution >= 0.6 is 0 Å². The molecule has 0 saturated carbocycles. The Labute approximate surface area is 131 Å². The third kappa shape index (κ3) is 4.03. The lowest BCUT2D eigenvalue weighted by Gasteiger charge is -2.05. The third-order valence-corrected chi connectivity index (χ3v) is 2.86. The van der Waals surface area contributed by atoms with Gasteiger partial charge in [-0.2, -0.15) is 5.10 Å². The Balaban J connectivity index is 2.04. The molecular weight excluding hydrogens is 300 g/mol. The van der Waals surface area contributed by atoms with Crippen molar-refractivity contribution in [3.63, 3.8) is 0 Å². The van der Waals surface area contributed by atoms with Crippen LogP contribution in [0.15, 0.2) is 46.8 Å². The fourth-order valence-electron chi connectivity index (χ4n) is 1.71. The van der Waals surface area contributed by atoms with Crippen LogP contribution in [0.4, 0.5) is 0 Å². The Kier molecular flexibility index (Phi) is 5.24. The highest BCUT2D eigenvalue weighted by atomic mass is 16.5. The molecule has 0 atom stereocenters. The Morgan fingerprint density at radius 3 is 2.78 bits per heavy atom. The molecule has 0 saturated heterocycles. The molecule has 118 valence electrons. The van der Waals surface area contributed by atoms with E-state index < -0.39 is 5.91 Å². The molecule has 0 aliphatic heterocycles. The predicted octanol–water partition coefficient (Wildman–Crippen LogP) is 1.37. The Hall–Kier alpha value is -3.42. The zero-order chi connectivity index (χ0) is 16.7. The first-order chi connectivity index (χ1) is 11.2. The molecule has 1 amide bonds. The van der Waals surface area contributed by atoms with E-state index in [9.17, 15) is 9.90 Å². The summed E-state index contributed by atoms with van der Waals surface area (Å²) >= 11 is 0. The quantitative estimate of drug-likeness (QED) is 0.438. The molecule has 1 heterocycles. The maximum absolute atomic E-state index is 11.9. The van der Waals surface area contributed by atoms with E-state index >= 15 is 0 Å². The van der Waals surface area contributed by atoms with Crippen molar-refractivity contribution in [2.45, 2.75) is 0 Å². The molecule has 0 aliphatic rings. The number of amides is 1. The highest BCUT2D eigenvalue weighted by Gasteiger charge is 2.06. The number of aromatic nitrogens is 1. The van der Waals surface area contributed by atoms with E-state index in [1.807, 2.05) is 0 Å². The van der Waals surface area contributed by atoms with Crippen LogP contribution in [-0.2, 0) is 0 Å². The lowest BCUT2D eigenvalue weighted by atomic mass is 10.2. The second kappa shape index (κ2) is 7.55. The molecule has 1 aromatic carbocycles. The van der Waals surface area contributed by atoms with Crippen LogP contribution in [0.3, 0.4) is 0 Å². The minimum absolute atomic E-state index is 0.0673.